The molecular weight excluding hydrogens is 202 g/mol. The van der Waals surface area contributed by atoms with E-state index in [2.05, 4.69) is 10.3 Å². The fraction of sp³-hybridized carbons (Fsp3) is 0.583. The molecule has 0 aliphatic heterocycles. The molecule has 2 unspecified atom stereocenters. The highest BCUT2D eigenvalue weighted by atomic mass is 16.5. The van der Waals surface area contributed by atoms with Crippen molar-refractivity contribution < 1.29 is 4.74 Å². The monoisotopic (exact) mass is 221 g/mol. The Balaban J connectivity index is 1.84. The summed E-state index contributed by atoms with van der Waals surface area (Å²) in [5.41, 5.74) is 6.94. The topological polar surface area (TPSA) is 60.2 Å². The summed E-state index contributed by atoms with van der Waals surface area (Å²) in [7, 11) is 1.63. The van der Waals surface area contributed by atoms with Crippen molar-refractivity contribution in [2.45, 2.75) is 25.3 Å². The number of pyridine rings is 1. The highest BCUT2D eigenvalue weighted by Crippen LogP contribution is 2.24. The predicted molar refractivity (Wildman–Crippen MR) is 64.6 cm³/mol. The number of methoxy groups -OCH3 is 1. The van der Waals surface area contributed by atoms with Crippen LogP contribution in [0.5, 0.6) is 5.88 Å². The van der Waals surface area contributed by atoms with Crippen LogP contribution in [0.3, 0.4) is 0 Å². The first kappa shape index (κ1) is 11.2. The minimum Gasteiger partial charge on any atom is -0.481 e. The molecule has 0 bridgehead atoms. The SMILES string of the molecule is COc1cc(NCC2CCC(N)C2)ccn1. The van der Waals surface area contributed by atoms with Crippen LogP contribution in [0.1, 0.15) is 19.3 Å². The predicted octanol–water partition coefficient (Wildman–Crippen LogP) is 1.63. The van der Waals surface area contributed by atoms with Crippen molar-refractivity contribution in [3.05, 3.63) is 18.3 Å². The molecule has 88 valence electrons. The van der Waals surface area contributed by atoms with Gasteiger partial charge >= 0.3 is 0 Å². The Bertz CT molecular complexity index is 343. The highest BCUT2D eigenvalue weighted by Gasteiger charge is 2.21. The number of rotatable bonds is 4. The van der Waals surface area contributed by atoms with Crippen molar-refractivity contribution in [2.75, 3.05) is 19.0 Å². The Morgan fingerprint density at radius 1 is 1.56 bits per heavy atom. The Kier molecular flexibility index (Phi) is 3.62. The van der Waals surface area contributed by atoms with Crippen LogP contribution >= 0.6 is 0 Å². The van der Waals surface area contributed by atoms with Crippen LogP contribution < -0.4 is 15.8 Å². The molecule has 2 rings (SSSR count). The summed E-state index contributed by atoms with van der Waals surface area (Å²) in [6.07, 6.45) is 5.28. The lowest BCUT2D eigenvalue weighted by Crippen LogP contribution is -2.17. The van der Waals surface area contributed by atoms with E-state index in [1.807, 2.05) is 12.1 Å². The smallest absolute Gasteiger partial charge is 0.214 e. The number of hydrogen-bond donors (Lipinski definition) is 2. The summed E-state index contributed by atoms with van der Waals surface area (Å²) in [5, 5.41) is 3.41. The molecule has 0 saturated heterocycles. The minimum absolute atomic E-state index is 0.402. The lowest BCUT2D eigenvalue weighted by Gasteiger charge is -2.12. The number of hydrogen-bond acceptors (Lipinski definition) is 4. The summed E-state index contributed by atoms with van der Waals surface area (Å²) < 4.78 is 5.07. The first-order valence-corrected chi connectivity index (χ1v) is 5.77. The molecule has 3 N–H and O–H groups in total. The summed E-state index contributed by atoms with van der Waals surface area (Å²) in [4.78, 5) is 4.07. The standard InChI is InChI=1S/C12H19N3O/c1-16-12-7-11(4-5-14-12)15-8-9-2-3-10(13)6-9/h4-5,7,9-10H,2-3,6,8,13H2,1H3,(H,14,15). The number of anilines is 1. The molecule has 4 heteroatoms. The van der Waals surface area contributed by atoms with Crippen molar-refractivity contribution in [1.82, 2.24) is 4.98 Å². The van der Waals surface area contributed by atoms with Gasteiger partial charge in [0.15, 0.2) is 0 Å². The molecule has 1 fully saturated rings. The van der Waals surface area contributed by atoms with E-state index in [1.165, 1.54) is 6.42 Å². The molecule has 0 amide bonds. The third-order valence-electron chi connectivity index (χ3n) is 3.12. The average Bonchev–Trinajstić information content (AvgIpc) is 2.73. The maximum atomic E-state index is 5.88. The molecule has 0 aromatic carbocycles. The zero-order valence-electron chi connectivity index (χ0n) is 9.65. The third-order valence-corrected chi connectivity index (χ3v) is 3.12. The van der Waals surface area contributed by atoms with Gasteiger partial charge in [0.05, 0.1) is 7.11 Å². The molecule has 1 saturated carbocycles. The number of nitrogens with one attached hydrogen (secondary N) is 1. The van der Waals surface area contributed by atoms with Crippen molar-refractivity contribution in [1.29, 1.82) is 0 Å². The van der Waals surface area contributed by atoms with Crippen LogP contribution in [0.4, 0.5) is 5.69 Å². The maximum Gasteiger partial charge on any atom is 0.214 e. The van der Waals surface area contributed by atoms with Crippen molar-refractivity contribution in [3.63, 3.8) is 0 Å². The van der Waals surface area contributed by atoms with Gasteiger partial charge in [0.2, 0.25) is 5.88 Å². The van der Waals surface area contributed by atoms with E-state index in [1.54, 1.807) is 13.3 Å². The van der Waals surface area contributed by atoms with Gasteiger partial charge in [-0.25, -0.2) is 4.98 Å². The van der Waals surface area contributed by atoms with Gasteiger partial charge in [0.1, 0.15) is 0 Å². The Hall–Kier alpha value is -1.29. The lowest BCUT2D eigenvalue weighted by atomic mass is 10.1. The van der Waals surface area contributed by atoms with Crippen LogP contribution in [0, 0.1) is 5.92 Å². The zero-order chi connectivity index (χ0) is 11.4. The molecule has 0 spiro atoms. The molecule has 1 aliphatic carbocycles. The normalized spacial score (nSPS) is 24.4. The molecular formula is C12H19N3O. The molecule has 4 nitrogen and oxygen atoms in total. The molecule has 0 radical (unpaired) electrons. The second-order valence-electron chi connectivity index (χ2n) is 4.41. The maximum absolute atomic E-state index is 5.88. The number of aromatic nitrogens is 1. The molecule has 1 aromatic rings. The minimum atomic E-state index is 0.402. The molecule has 2 atom stereocenters. The van der Waals surface area contributed by atoms with E-state index in [4.69, 9.17) is 10.5 Å². The number of nitrogens with two attached hydrogens (primary N) is 1. The van der Waals surface area contributed by atoms with Crippen LogP contribution in [0.15, 0.2) is 18.3 Å². The van der Waals surface area contributed by atoms with Crippen molar-refractivity contribution >= 4 is 5.69 Å². The second kappa shape index (κ2) is 5.16. The molecule has 1 aliphatic rings. The van der Waals surface area contributed by atoms with E-state index >= 15 is 0 Å². The summed E-state index contributed by atoms with van der Waals surface area (Å²) >= 11 is 0. The lowest BCUT2D eigenvalue weighted by molar-refractivity contribution is 0.398. The molecule has 1 aromatic heterocycles. The summed E-state index contributed by atoms with van der Waals surface area (Å²) in [6, 6.07) is 4.27. The van der Waals surface area contributed by atoms with Crippen LogP contribution in [0.25, 0.3) is 0 Å². The first-order chi connectivity index (χ1) is 7.78. The Morgan fingerprint density at radius 2 is 2.44 bits per heavy atom. The Labute approximate surface area is 96.2 Å². The van der Waals surface area contributed by atoms with Crippen molar-refractivity contribution in [3.8, 4) is 5.88 Å². The van der Waals surface area contributed by atoms with E-state index in [9.17, 15) is 0 Å². The van der Waals surface area contributed by atoms with Gasteiger partial charge in [0, 0.05) is 30.5 Å². The van der Waals surface area contributed by atoms with Gasteiger partial charge in [-0.2, -0.15) is 0 Å². The van der Waals surface area contributed by atoms with Gasteiger partial charge in [-0.05, 0) is 31.2 Å². The zero-order valence-corrected chi connectivity index (χ0v) is 9.65. The highest BCUT2D eigenvalue weighted by molar-refractivity contribution is 5.44. The van der Waals surface area contributed by atoms with Crippen LogP contribution in [-0.2, 0) is 0 Å². The van der Waals surface area contributed by atoms with Gasteiger partial charge in [-0.15, -0.1) is 0 Å². The molecule has 1 heterocycles. The summed E-state index contributed by atoms with van der Waals surface area (Å²) in [6.45, 7) is 0.987. The second-order valence-corrected chi connectivity index (χ2v) is 4.41. The fourth-order valence-corrected chi connectivity index (χ4v) is 2.19. The number of nitrogens with zero attached hydrogens (tertiary/aromatic N) is 1. The van der Waals surface area contributed by atoms with E-state index < -0.39 is 0 Å². The first-order valence-electron chi connectivity index (χ1n) is 5.77. The quantitative estimate of drug-likeness (QED) is 0.811. The van der Waals surface area contributed by atoms with Gasteiger partial charge in [-0.1, -0.05) is 0 Å². The third kappa shape index (κ3) is 2.85. The van der Waals surface area contributed by atoms with E-state index in [-0.39, 0.29) is 0 Å². The van der Waals surface area contributed by atoms with Gasteiger partial charge in [0.25, 0.3) is 0 Å². The molecule has 16 heavy (non-hydrogen) atoms. The van der Waals surface area contributed by atoms with Gasteiger partial charge in [-0.3, -0.25) is 0 Å². The largest absolute Gasteiger partial charge is 0.481 e. The van der Waals surface area contributed by atoms with E-state index in [0.717, 1.165) is 25.1 Å². The van der Waals surface area contributed by atoms with Crippen LogP contribution in [0.2, 0.25) is 0 Å². The average molecular weight is 221 g/mol. The number of ether oxygens (including phenoxy) is 1. The summed E-state index contributed by atoms with van der Waals surface area (Å²) in [5.74, 6) is 1.35. The van der Waals surface area contributed by atoms with E-state index in [0.29, 0.717) is 17.8 Å². The fourth-order valence-electron chi connectivity index (χ4n) is 2.19. The Morgan fingerprint density at radius 3 is 3.12 bits per heavy atom. The van der Waals surface area contributed by atoms with Crippen molar-refractivity contribution in [2.24, 2.45) is 11.7 Å². The van der Waals surface area contributed by atoms with Gasteiger partial charge < -0.3 is 15.8 Å². The van der Waals surface area contributed by atoms with Crippen LogP contribution in [-0.4, -0.2) is 24.7 Å².